The molecule has 1 rings (SSSR count). The van der Waals surface area contributed by atoms with Gasteiger partial charge in [-0.1, -0.05) is 13.8 Å². The first-order valence-electron chi connectivity index (χ1n) is 6.20. The predicted molar refractivity (Wildman–Crippen MR) is 79.4 cm³/mol. The molecule has 1 amide bonds. The van der Waals surface area contributed by atoms with Crippen LogP contribution in [-0.2, 0) is 4.79 Å². The van der Waals surface area contributed by atoms with Crippen molar-refractivity contribution in [3.05, 3.63) is 22.2 Å². The van der Waals surface area contributed by atoms with Crippen molar-refractivity contribution in [2.24, 2.45) is 5.92 Å². The van der Waals surface area contributed by atoms with E-state index in [1.165, 1.54) is 7.11 Å². The summed E-state index contributed by atoms with van der Waals surface area (Å²) in [6, 6.07) is 3.16. The lowest BCUT2D eigenvalue weighted by atomic mass is 10.2. The molecule has 0 fully saturated rings. The Morgan fingerprint density at radius 2 is 2.15 bits per heavy atom. The van der Waals surface area contributed by atoms with Crippen LogP contribution in [0.4, 0.5) is 0 Å². The summed E-state index contributed by atoms with van der Waals surface area (Å²) in [5.74, 6) is 0.982. The van der Waals surface area contributed by atoms with Gasteiger partial charge in [0.25, 0.3) is 5.91 Å². The first-order valence-corrected chi connectivity index (χ1v) is 6.99. The number of nitrogens with one attached hydrogen (secondary N) is 1. The molecule has 0 aliphatic carbocycles. The number of carbonyl (C=O) groups excluding carboxylic acids is 2. The van der Waals surface area contributed by atoms with Crippen LogP contribution in [0.15, 0.2) is 16.6 Å². The highest BCUT2D eigenvalue weighted by Gasteiger charge is 2.13. The maximum Gasteiger partial charge on any atom is 0.257 e. The lowest BCUT2D eigenvalue weighted by molar-refractivity contribution is -0.123. The van der Waals surface area contributed by atoms with Gasteiger partial charge in [-0.2, -0.15) is 0 Å². The van der Waals surface area contributed by atoms with Crippen LogP contribution in [0, 0.1) is 5.92 Å². The van der Waals surface area contributed by atoms with Crippen molar-refractivity contribution in [2.45, 2.75) is 13.8 Å². The second kappa shape index (κ2) is 7.89. The largest absolute Gasteiger partial charge is 0.493 e. The fourth-order valence-corrected chi connectivity index (χ4v) is 2.03. The normalized spacial score (nSPS) is 10.2. The standard InChI is InChI=1S/C14H18BrNO4/c1-9(2)6-16-13(18)8-20-14-11(15)4-10(7-17)5-12(14)19-3/h4-5,7,9H,6,8H2,1-3H3,(H,16,18). The Morgan fingerprint density at radius 3 is 2.70 bits per heavy atom. The minimum atomic E-state index is -0.202. The number of methoxy groups -OCH3 is 1. The van der Waals surface area contributed by atoms with Crippen LogP contribution in [0.5, 0.6) is 11.5 Å². The zero-order valence-corrected chi connectivity index (χ0v) is 13.3. The molecule has 6 heteroatoms. The van der Waals surface area contributed by atoms with E-state index in [0.717, 1.165) is 0 Å². The van der Waals surface area contributed by atoms with Gasteiger partial charge in [-0.15, -0.1) is 0 Å². The van der Waals surface area contributed by atoms with Crippen LogP contribution < -0.4 is 14.8 Å². The quantitative estimate of drug-likeness (QED) is 0.772. The molecule has 1 aromatic rings. The van der Waals surface area contributed by atoms with Crippen LogP contribution >= 0.6 is 15.9 Å². The molecule has 0 spiro atoms. The Kier molecular flexibility index (Phi) is 6.51. The Bertz CT molecular complexity index is 488. The van der Waals surface area contributed by atoms with E-state index < -0.39 is 0 Å². The van der Waals surface area contributed by atoms with Gasteiger partial charge in [-0.05, 0) is 34.0 Å². The number of hydrogen-bond donors (Lipinski definition) is 1. The number of halogens is 1. The molecule has 110 valence electrons. The van der Waals surface area contributed by atoms with Gasteiger partial charge in [0, 0.05) is 12.1 Å². The maximum atomic E-state index is 11.6. The Balaban J connectivity index is 2.72. The SMILES string of the molecule is COc1cc(C=O)cc(Br)c1OCC(=O)NCC(C)C. The highest BCUT2D eigenvalue weighted by atomic mass is 79.9. The van der Waals surface area contributed by atoms with Crippen LogP contribution in [0.3, 0.4) is 0 Å². The van der Waals surface area contributed by atoms with E-state index in [9.17, 15) is 9.59 Å². The molecule has 1 aromatic carbocycles. The Labute approximate surface area is 126 Å². The van der Waals surface area contributed by atoms with Gasteiger partial charge in [-0.3, -0.25) is 9.59 Å². The van der Waals surface area contributed by atoms with Crippen molar-refractivity contribution in [1.29, 1.82) is 0 Å². The van der Waals surface area contributed by atoms with E-state index in [-0.39, 0.29) is 12.5 Å². The molecule has 1 N–H and O–H groups in total. The van der Waals surface area contributed by atoms with Gasteiger partial charge >= 0.3 is 0 Å². The van der Waals surface area contributed by atoms with Gasteiger partial charge in [0.1, 0.15) is 6.29 Å². The van der Waals surface area contributed by atoms with Gasteiger partial charge < -0.3 is 14.8 Å². The third-order valence-electron chi connectivity index (χ3n) is 2.44. The van der Waals surface area contributed by atoms with Crippen molar-refractivity contribution in [3.8, 4) is 11.5 Å². The van der Waals surface area contributed by atoms with Crippen molar-refractivity contribution in [1.82, 2.24) is 5.32 Å². The number of ether oxygens (including phenoxy) is 2. The monoisotopic (exact) mass is 343 g/mol. The summed E-state index contributed by atoms with van der Waals surface area (Å²) in [5.41, 5.74) is 0.463. The van der Waals surface area contributed by atoms with Crippen LogP contribution in [-0.4, -0.2) is 32.5 Å². The highest BCUT2D eigenvalue weighted by Crippen LogP contribution is 2.36. The number of amides is 1. The number of aldehydes is 1. The van der Waals surface area contributed by atoms with Crippen LogP contribution in [0.1, 0.15) is 24.2 Å². The lowest BCUT2D eigenvalue weighted by Crippen LogP contribution is -2.31. The summed E-state index contributed by atoms with van der Waals surface area (Å²) in [5, 5.41) is 2.76. The second-order valence-electron chi connectivity index (χ2n) is 4.64. The molecule has 0 aromatic heterocycles. The fraction of sp³-hybridized carbons (Fsp3) is 0.429. The summed E-state index contributed by atoms with van der Waals surface area (Å²) in [4.78, 5) is 22.4. The van der Waals surface area contributed by atoms with Gasteiger partial charge in [0.15, 0.2) is 18.1 Å². The highest BCUT2D eigenvalue weighted by molar-refractivity contribution is 9.10. The van der Waals surface area contributed by atoms with Gasteiger partial charge in [-0.25, -0.2) is 0 Å². The summed E-state index contributed by atoms with van der Waals surface area (Å²) < 4.78 is 11.2. The number of hydrogen-bond acceptors (Lipinski definition) is 4. The minimum absolute atomic E-state index is 0.109. The van der Waals surface area contributed by atoms with Crippen molar-refractivity contribution in [2.75, 3.05) is 20.3 Å². The van der Waals surface area contributed by atoms with Gasteiger partial charge in [0.2, 0.25) is 0 Å². The van der Waals surface area contributed by atoms with Crippen molar-refractivity contribution >= 4 is 28.1 Å². The molecule has 0 radical (unpaired) electrons. The summed E-state index contributed by atoms with van der Waals surface area (Å²) >= 11 is 3.30. The smallest absolute Gasteiger partial charge is 0.257 e. The lowest BCUT2D eigenvalue weighted by Gasteiger charge is -2.13. The summed E-state index contributed by atoms with van der Waals surface area (Å²) in [6.45, 7) is 4.52. The molecule has 0 unspecified atom stereocenters. The van der Waals surface area contributed by atoms with E-state index in [1.807, 2.05) is 13.8 Å². The third kappa shape index (κ3) is 4.85. The fourth-order valence-electron chi connectivity index (χ4n) is 1.45. The first-order chi connectivity index (χ1) is 9.47. The third-order valence-corrected chi connectivity index (χ3v) is 3.03. The zero-order chi connectivity index (χ0) is 15.1. The number of benzene rings is 1. The number of carbonyl (C=O) groups is 2. The van der Waals surface area contributed by atoms with Crippen molar-refractivity contribution in [3.63, 3.8) is 0 Å². The Morgan fingerprint density at radius 1 is 1.45 bits per heavy atom. The number of rotatable bonds is 7. The molecule has 0 aliphatic heterocycles. The molecule has 0 aliphatic rings. The minimum Gasteiger partial charge on any atom is -0.493 e. The molecule has 20 heavy (non-hydrogen) atoms. The second-order valence-corrected chi connectivity index (χ2v) is 5.49. The Hall–Kier alpha value is -1.56. The van der Waals surface area contributed by atoms with E-state index >= 15 is 0 Å². The summed E-state index contributed by atoms with van der Waals surface area (Å²) in [6.07, 6.45) is 0.715. The summed E-state index contributed by atoms with van der Waals surface area (Å²) in [7, 11) is 1.47. The molecule has 0 atom stereocenters. The van der Waals surface area contributed by atoms with E-state index in [4.69, 9.17) is 9.47 Å². The first kappa shape index (κ1) is 16.5. The van der Waals surface area contributed by atoms with E-state index in [1.54, 1.807) is 12.1 Å². The van der Waals surface area contributed by atoms with Crippen LogP contribution in [0.25, 0.3) is 0 Å². The molecular weight excluding hydrogens is 326 g/mol. The maximum absolute atomic E-state index is 11.6. The molecule has 0 heterocycles. The van der Waals surface area contributed by atoms with Crippen molar-refractivity contribution < 1.29 is 19.1 Å². The molecule has 0 saturated heterocycles. The average molecular weight is 344 g/mol. The topological polar surface area (TPSA) is 64.6 Å². The average Bonchev–Trinajstić information content (AvgIpc) is 2.42. The zero-order valence-electron chi connectivity index (χ0n) is 11.7. The van der Waals surface area contributed by atoms with Gasteiger partial charge in [0.05, 0.1) is 11.6 Å². The molecular formula is C14H18BrNO4. The van der Waals surface area contributed by atoms with E-state index in [0.29, 0.717) is 40.3 Å². The predicted octanol–water partition coefficient (Wildman–Crippen LogP) is 2.42. The molecule has 0 saturated carbocycles. The van der Waals surface area contributed by atoms with E-state index in [2.05, 4.69) is 21.2 Å². The molecule has 5 nitrogen and oxygen atoms in total. The molecule has 0 bridgehead atoms. The van der Waals surface area contributed by atoms with Crippen LogP contribution in [0.2, 0.25) is 0 Å².